The van der Waals surface area contributed by atoms with Gasteiger partial charge in [0, 0.05) is 12.1 Å². The quantitative estimate of drug-likeness (QED) is 0.529. The minimum absolute atomic E-state index is 0.00109. The topological polar surface area (TPSA) is 83.5 Å². The van der Waals surface area contributed by atoms with Crippen molar-refractivity contribution >= 4 is 16.0 Å². The first kappa shape index (κ1) is 23.6. The first-order valence-electron chi connectivity index (χ1n) is 10.2. The average molecular weight is 456 g/mol. The first-order chi connectivity index (χ1) is 15.0. The first-order valence-corrected chi connectivity index (χ1v) is 11.7. The van der Waals surface area contributed by atoms with Gasteiger partial charge in [-0.1, -0.05) is 75.4 Å². The van der Waals surface area contributed by atoms with E-state index in [0.717, 1.165) is 5.56 Å². The predicted octanol–water partition coefficient (Wildman–Crippen LogP) is 4.94. The summed E-state index contributed by atoms with van der Waals surface area (Å²) in [6, 6.07) is 19.0. The van der Waals surface area contributed by atoms with E-state index in [1.165, 1.54) is 30.3 Å². The molecule has 2 N–H and O–H groups in total. The fourth-order valence-corrected chi connectivity index (χ4v) is 4.68. The smallest absolute Gasteiger partial charge is 0.312 e. The lowest BCUT2D eigenvalue weighted by atomic mass is 9.85. The van der Waals surface area contributed by atoms with Gasteiger partial charge in [-0.25, -0.2) is 17.5 Å². The summed E-state index contributed by atoms with van der Waals surface area (Å²) in [5.74, 6) is -2.59. The molecule has 0 aliphatic rings. The SMILES string of the molecule is CC(C)(C)c1ccc(C(CNS(=O)(=O)c2ccccc2-c2ccc(F)cc2)C(=O)O)cc1. The molecule has 3 aromatic rings. The number of carboxylic acid groups (broad SMARTS) is 1. The number of hydrogen-bond acceptors (Lipinski definition) is 3. The maximum atomic E-state index is 13.3. The molecule has 1 atom stereocenters. The van der Waals surface area contributed by atoms with Crippen LogP contribution in [0, 0.1) is 5.82 Å². The Bertz CT molecular complexity index is 1200. The lowest BCUT2D eigenvalue weighted by Gasteiger charge is -2.20. The van der Waals surface area contributed by atoms with Gasteiger partial charge in [0.05, 0.1) is 10.8 Å². The molecule has 3 aromatic carbocycles. The highest BCUT2D eigenvalue weighted by Crippen LogP contribution is 2.28. The largest absolute Gasteiger partial charge is 0.481 e. The molecule has 168 valence electrons. The van der Waals surface area contributed by atoms with E-state index < -0.39 is 27.7 Å². The van der Waals surface area contributed by atoms with Crippen molar-refractivity contribution in [3.8, 4) is 11.1 Å². The lowest BCUT2D eigenvalue weighted by Crippen LogP contribution is -2.32. The van der Waals surface area contributed by atoms with Crippen LogP contribution in [0.25, 0.3) is 11.1 Å². The number of rotatable bonds is 7. The number of sulfonamides is 1. The maximum Gasteiger partial charge on any atom is 0.312 e. The van der Waals surface area contributed by atoms with E-state index in [4.69, 9.17) is 0 Å². The molecule has 3 rings (SSSR count). The molecule has 0 fully saturated rings. The van der Waals surface area contributed by atoms with Crippen LogP contribution in [-0.2, 0) is 20.2 Å². The van der Waals surface area contributed by atoms with Gasteiger partial charge in [-0.05, 0) is 40.3 Å². The Morgan fingerprint density at radius 2 is 1.56 bits per heavy atom. The predicted molar refractivity (Wildman–Crippen MR) is 123 cm³/mol. The van der Waals surface area contributed by atoms with Crippen LogP contribution in [0.4, 0.5) is 4.39 Å². The van der Waals surface area contributed by atoms with Crippen molar-refractivity contribution in [2.45, 2.75) is 37.0 Å². The zero-order valence-electron chi connectivity index (χ0n) is 18.2. The summed E-state index contributed by atoms with van der Waals surface area (Å²) in [6.45, 7) is 5.88. The number of carboxylic acids is 1. The second-order valence-electron chi connectivity index (χ2n) is 8.62. The molecule has 0 spiro atoms. The van der Waals surface area contributed by atoms with Gasteiger partial charge in [-0.3, -0.25) is 4.79 Å². The van der Waals surface area contributed by atoms with Gasteiger partial charge >= 0.3 is 5.97 Å². The number of carbonyl (C=O) groups is 1. The average Bonchev–Trinajstić information content (AvgIpc) is 2.74. The van der Waals surface area contributed by atoms with Gasteiger partial charge in [0.1, 0.15) is 5.82 Å². The van der Waals surface area contributed by atoms with Crippen LogP contribution < -0.4 is 4.72 Å². The van der Waals surface area contributed by atoms with Crippen LogP contribution in [0.5, 0.6) is 0 Å². The highest BCUT2D eigenvalue weighted by atomic mass is 32.2. The molecular formula is C25H26FNO4S. The van der Waals surface area contributed by atoms with Gasteiger partial charge in [-0.2, -0.15) is 0 Å². The Hall–Kier alpha value is -3.03. The van der Waals surface area contributed by atoms with Crippen molar-refractivity contribution in [2.75, 3.05) is 6.54 Å². The Kier molecular flexibility index (Phi) is 6.81. The summed E-state index contributed by atoms with van der Waals surface area (Å²) in [4.78, 5) is 11.9. The van der Waals surface area contributed by atoms with Crippen molar-refractivity contribution < 1.29 is 22.7 Å². The molecule has 0 saturated carbocycles. The van der Waals surface area contributed by atoms with E-state index >= 15 is 0 Å². The van der Waals surface area contributed by atoms with E-state index in [-0.39, 0.29) is 16.9 Å². The Labute approximate surface area is 188 Å². The van der Waals surface area contributed by atoms with Crippen molar-refractivity contribution in [2.24, 2.45) is 0 Å². The number of halogens is 1. The van der Waals surface area contributed by atoms with Gasteiger partial charge in [0.15, 0.2) is 0 Å². The van der Waals surface area contributed by atoms with Gasteiger partial charge in [0.2, 0.25) is 10.0 Å². The van der Waals surface area contributed by atoms with E-state index in [9.17, 15) is 22.7 Å². The second-order valence-corrected chi connectivity index (χ2v) is 10.4. The molecule has 0 amide bonds. The minimum Gasteiger partial charge on any atom is -0.481 e. The number of hydrogen-bond donors (Lipinski definition) is 2. The monoisotopic (exact) mass is 455 g/mol. The van der Waals surface area contributed by atoms with Gasteiger partial charge in [0.25, 0.3) is 0 Å². The molecule has 0 saturated heterocycles. The summed E-state index contributed by atoms with van der Waals surface area (Å²) in [5.41, 5.74) is 2.43. The van der Waals surface area contributed by atoms with Crippen LogP contribution >= 0.6 is 0 Å². The minimum atomic E-state index is -4.02. The van der Waals surface area contributed by atoms with E-state index in [1.54, 1.807) is 30.3 Å². The van der Waals surface area contributed by atoms with Crippen LogP contribution in [0.1, 0.15) is 37.8 Å². The van der Waals surface area contributed by atoms with E-state index in [0.29, 0.717) is 16.7 Å². The van der Waals surface area contributed by atoms with Crippen molar-refractivity contribution in [1.29, 1.82) is 0 Å². The Morgan fingerprint density at radius 3 is 2.12 bits per heavy atom. The van der Waals surface area contributed by atoms with E-state index in [1.807, 2.05) is 12.1 Å². The fraction of sp³-hybridized carbons (Fsp3) is 0.240. The zero-order valence-corrected chi connectivity index (χ0v) is 19.0. The molecule has 0 aliphatic carbocycles. The summed E-state index contributed by atoms with van der Waals surface area (Å²) in [7, 11) is -4.02. The molecule has 0 aliphatic heterocycles. The molecule has 0 heterocycles. The van der Waals surface area contributed by atoms with Crippen LogP contribution in [0.3, 0.4) is 0 Å². The summed E-state index contributed by atoms with van der Waals surface area (Å²) in [5, 5.41) is 9.71. The molecule has 5 nitrogen and oxygen atoms in total. The Morgan fingerprint density at radius 1 is 0.969 bits per heavy atom. The maximum absolute atomic E-state index is 13.3. The summed E-state index contributed by atoms with van der Waals surface area (Å²) >= 11 is 0. The molecule has 0 aromatic heterocycles. The van der Waals surface area contributed by atoms with Gasteiger partial charge in [-0.15, -0.1) is 0 Å². The third kappa shape index (κ3) is 5.41. The van der Waals surface area contributed by atoms with Crippen molar-refractivity contribution in [1.82, 2.24) is 4.72 Å². The molecule has 0 bridgehead atoms. The van der Waals surface area contributed by atoms with Crippen molar-refractivity contribution in [3.63, 3.8) is 0 Å². The van der Waals surface area contributed by atoms with Crippen LogP contribution in [0.2, 0.25) is 0 Å². The third-order valence-corrected chi connectivity index (χ3v) is 6.77. The number of benzene rings is 3. The standard InChI is InChI=1S/C25H26FNO4S/c1-25(2,3)19-12-8-18(9-13-19)22(24(28)29)16-27-32(30,31)23-7-5-4-6-21(23)17-10-14-20(26)15-11-17/h4-15,22,27H,16H2,1-3H3,(H,28,29). The van der Waals surface area contributed by atoms with Crippen molar-refractivity contribution in [3.05, 3.63) is 89.7 Å². The molecule has 1 unspecified atom stereocenters. The Balaban J connectivity index is 1.86. The molecule has 32 heavy (non-hydrogen) atoms. The van der Waals surface area contributed by atoms with E-state index in [2.05, 4.69) is 25.5 Å². The van der Waals surface area contributed by atoms with Crippen LogP contribution in [-0.4, -0.2) is 26.0 Å². The fourth-order valence-electron chi connectivity index (χ4n) is 3.40. The third-order valence-electron chi connectivity index (χ3n) is 5.29. The normalized spacial score (nSPS) is 13.0. The number of aliphatic carboxylic acids is 1. The molecule has 0 radical (unpaired) electrons. The highest BCUT2D eigenvalue weighted by molar-refractivity contribution is 7.89. The van der Waals surface area contributed by atoms with Crippen LogP contribution in [0.15, 0.2) is 77.7 Å². The highest BCUT2D eigenvalue weighted by Gasteiger charge is 2.25. The number of nitrogens with one attached hydrogen (secondary N) is 1. The summed E-state index contributed by atoms with van der Waals surface area (Å²) in [6.07, 6.45) is 0. The lowest BCUT2D eigenvalue weighted by molar-refractivity contribution is -0.138. The molecule has 7 heteroatoms. The summed E-state index contributed by atoms with van der Waals surface area (Å²) < 4.78 is 41.8. The molecular weight excluding hydrogens is 429 g/mol. The second kappa shape index (κ2) is 9.22. The van der Waals surface area contributed by atoms with Gasteiger partial charge < -0.3 is 5.11 Å². The zero-order chi connectivity index (χ0) is 23.5.